The third kappa shape index (κ3) is 1.98. The number of aliphatic hydroxyl groups excluding tert-OH is 1. The lowest BCUT2D eigenvalue weighted by Crippen LogP contribution is -2.55. The van der Waals surface area contributed by atoms with E-state index in [-0.39, 0.29) is 5.54 Å². The highest BCUT2D eigenvalue weighted by Crippen LogP contribution is 2.44. The van der Waals surface area contributed by atoms with Crippen LogP contribution >= 0.6 is 0 Å². The number of hydrogen-bond donors (Lipinski definition) is 1. The van der Waals surface area contributed by atoms with Crippen molar-refractivity contribution < 1.29 is 14.3 Å². The number of ether oxygens (including phenoxy) is 1. The summed E-state index contributed by atoms with van der Waals surface area (Å²) in [6.07, 6.45) is 5.60. The zero-order valence-electron chi connectivity index (χ0n) is 10.7. The summed E-state index contributed by atoms with van der Waals surface area (Å²) in [5, 5.41) is 10.7. The van der Waals surface area contributed by atoms with Crippen molar-refractivity contribution in [2.75, 3.05) is 26.3 Å². The predicted molar refractivity (Wildman–Crippen MR) is 67.3 cm³/mol. The van der Waals surface area contributed by atoms with Crippen LogP contribution in [0.5, 0.6) is 0 Å². The van der Waals surface area contributed by atoms with Gasteiger partial charge in [-0.2, -0.15) is 0 Å². The van der Waals surface area contributed by atoms with Crippen LogP contribution in [0.3, 0.4) is 0 Å². The van der Waals surface area contributed by atoms with Crippen LogP contribution in [-0.2, 0) is 4.74 Å². The molecule has 1 N–H and O–H groups in total. The van der Waals surface area contributed by atoms with E-state index in [0.29, 0.717) is 5.76 Å². The van der Waals surface area contributed by atoms with E-state index in [9.17, 15) is 5.11 Å². The lowest BCUT2D eigenvalue weighted by Gasteiger charge is -2.45. The second kappa shape index (κ2) is 5.03. The monoisotopic (exact) mass is 251 g/mol. The largest absolute Gasteiger partial charge is 0.467 e. The molecule has 1 aromatic rings. The van der Waals surface area contributed by atoms with E-state index in [0.717, 1.165) is 39.1 Å². The van der Waals surface area contributed by atoms with Crippen LogP contribution in [0.15, 0.2) is 22.8 Å². The number of hydrogen-bond acceptors (Lipinski definition) is 4. The van der Waals surface area contributed by atoms with Crippen molar-refractivity contribution in [1.29, 1.82) is 0 Å². The summed E-state index contributed by atoms with van der Waals surface area (Å²) in [6, 6.07) is 3.73. The van der Waals surface area contributed by atoms with Gasteiger partial charge in [-0.1, -0.05) is 12.8 Å². The van der Waals surface area contributed by atoms with Gasteiger partial charge in [0.1, 0.15) is 11.9 Å². The van der Waals surface area contributed by atoms with Gasteiger partial charge < -0.3 is 14.3 Å². The summed E-state index contributed by atoms with van der Waals surface area (Å²) in [4.78, 5) is 2.41. The number of rotatable bonds is 3. The van der Waals surface area contributed by atoms with E-state index < -0.39 is 6.10 Å². The summed E-state index contributed by atoms with van der Waals surface area (Å²) < 4.78 is 10.8. The summed E-state index contributed by atoms with van der Waals surface area (Å²) in [6.45, 7) is 3.37. The Hall–Kier alpha value is -0.840. The first-order valence-electron chi connectivity index (χ1n) is 6.87. The Kier molecular flexibility index (Phi) is 3.41. The molecule has 1 unspecified atom stereocenters. The van der Waals surface area contributed by atoms with Crippen LogP contribution in [-0.4, -0.2) is 41.8 Å². The molecule has 3 rings (SSSR count). The molecule has 1 saturated carbocycles. The van der Waals surface area contributed by atoms with Crippen molar-refractivity contribution in [3.63, 3.8) is 0 Å². The van der Waals surface area contributed by atoms with Crippen LogP contribution in [0.1, 0.15) is 37.5 Å². The molecule has 0 bridgehead atoms. The Bertz CT molecular complexity index is 364. The minimum Gasteiger partial charge on any atom is -0.467 e. The highest BCUT2D eigenvalue weighted by molar-refractivity contribution is 5.12. The van der Waals surface area contributed by atoms with Crippen LogP contribution < -0.4 is 0 Å². The fourth-order valence-electron chi connectivity index (χ4n) is 3.47. The summed E-state index contributed by atoms with van der Waals surface area (Å²) in [5.74, 6) is 0.698. The van der Waals surface area contributed by atoms with Crippen LogP contribution in [0, 0.1) is 0 Å². The highest BCUT2D eigenvalue weighted by atomic mass is 16.5. The molecule has 1 atom stereocenters. The maximum atomic E-state index is 10.7. The van der Waals surface area contributed by atoms with Gasteiger partial charge in [-0.3, -0.25) is 4.90 Å². The maximum Gasteiger partial charge on any atom is 0.134 e. The van der Waals surface area contributed by atoms with Crippen molar-refractivity contribution in [3.05, 3.63) is 24.2 Å². The van der Waals surface area contributed by atoms with E-state index in [2.05, 4.69) is 4.90 Å². The van der Waals surface area contributed by atoms with Crippen LogP contribution in [0.25, 0.3) is 0 Å². The number of morpholine rings is 1. The summed E-state index contributed by atoms with van der Waals surface area (Å²) in [5.41, 5.74) is -0.137. The molecule has 0 aromatic carbocycles. The molecule has 1 saturated heterocycles. The number of furan rings is 1. The topological polar surface area (TPSA) is 45.8 Å². The number of aliphatic hydroxyl groups is 1. The molecule has 1 aromatic heterocycles. The second-order valence-corrected chi connectivity index (χ2v) is 5.33. The second-order valence-electron chi connectivity index (χ2n) is 5.33. The smallest absolute Gasteiger partial charge is 0.134 e. The Morgan fingerprint density at radius 3 is 2.56 bits per heavy atom. The average Bonchev–Trinajstić information content (AvgIpc) is 3.11. The molecule has 2 fully saturated rings. The minimum absolute atomic E-state index is 0.137. The highest BCUT2D eigenvalue weighted by Gasteiger charge is 2.47. The van der Waals surface area contributed by atoms with Crippen molar-refractivity contribution in [1.82, 2.24) is 4.90 Å². The van der Waals surface area contributed by atoms with E-state index in [1.165, 1.54) is 12.8 Å². The molecular formula is C14H21NO3. The van der Waals surface area contributed by atoms with Gasteiger partial charge in [-0.25, -0.2) is 0 Å². The summed E-state index contributed by atoms with van der Waals surface area (Å²) in [7, 11) is 0. The molecule has 4 heteroatoms. The first-order chi connectivity index (χ1) is 8.83. The quantitative estimate of drug-likeness (QED) is 0.892. The average molecular weight is 251 g/mol. The van der Waals surface area contributed by atoms with Gasteiger partial charge >= 0.3 is 0 Å². The van der Waals surface area contributed by atoms with Crippen molar-refractivity contribution in [2.24, 2.45) is 0 Å². The molecule has 2 aliphatic rings. The molecule has 2 heterocycles. The van der Waals surface area contributed by atoms with Gasteiger partial charge in [0.15, 0.2) is 0 Å². The van der Waals surface area contributed by atoms with Crippen molar-refractivity contribution in [2.45, 2.75) is 37.3 Å². The Morgan fingerprint density at radius 2 is 1.94 bits per heavy atom. The van der Waals surface area contributed by atoms with E-state index in [1.807, 2.05) is 12.1 Å². The van der Waals surface area contributed by atoms with E-state index in [4.69, 9.17) is 9.15 Å². The first-order valence-corrected chi connectivity index (χ1v) is 6.87. The SMILES string of the molecule is OC(c1ccco1)C1(N2CCOCC2)CCCC1. The number of nitrogens with zero attached hydrogens (tertiary/aromatic N) is 1. The minimum atomic E-state index is -0.520. The third-order valence-electron chi connectivity index (χ3n) is 4.43. The first kappa shape index (κ1) is 12.2. The van der Waals surface area contributed by atoms with Crippen molar-refractivity contribution >= 4 is 0 Å². The lowest BCUT2D eigenvalue weighted by molar-refractivity contribution is -0.0833. The van der Waals surface area contributed by atoms with E-state index in [1.54, 1.807) is 6.26 Å². The van der Waals surface area contributed by atoms with E-state index >= 15 is 0 Å². The lowest BCUT2D eigenvalue weighted by atomic mass is 9.86. The Morgan fingerprint density at radius 1 is 1.22 bits per heavy atom. The molecule has 18 heavy (non-hydrogen) atoms. The van der Waals surface area contributed by atoms with Gasteiger partial charge in [0.25, 0.3) is 0 Å². The Balaban J connectivity index is 1.86. The molecular weight excluding hydrogens is 230 g/mol. The fourth-order valence-corrected chi connectivity index (χ4v) is 3.47. The van der Waals surface area contributed by atoms with Crippen LogP contribution in [0.4, 0.5) is 0 Å². The molecule has 1 aliphatic carbocycles. The van der Waals surface area contributed by atoms with Crippen molar-refractivity contribution in [3.8, 4) is 0 Å². The predicted octanol–water partition coefficient (Wildman–Crippen LogP) is 1.96. The molecule has 1 aliphatic heterocycles. The standard InChI is InChI=1S/C14H21NO3/c16-13(12-4-3-9-18-12)14(5-1-2-6-14)15-7-10-17-11-8-15/h3-4,9,13,16H,1-2,5-8,10-11H2. The zero-order chi connectivity index (χ0) is 12.4. The molecule has 100 valence electrons. The van der Waals surface area contributed by atoms with Gasteiger partial charge in [0, 0.05) is 13.1 Å². The van der Waals surface area contributed by atoms with Gasteiger partial charge in [0.05, 0.1) is 25.0 Å². The van der Waals surface area contributed by atoms with Crippen LogP contribution in [0.2, 0.25) is 0 Å². The molecule has 0 spiro atoms. The fraction of sp³-hybridized carbons (Fsp3) is 0.714. The van der Waals surface area contributed by atoms with Gasteiger partial charge in [-0.05, 0) is 25.0 Å². The van der Waals surface area contributed by atoms with Gasteiger partial charge in [0.2, 0.25) is 0 Å². The molecule has 0 radical (unpaired) electrons. The third-order valence-corrected chi connectivity index (χ3v) is 4.43. The normalized spacial score (nSPS) is 26.3. The Labute approximate surface area is 108 Å². The summed E-state index contributed by atoms with van der Waals surface area (Å²) >= 11 is 0. The molecule has 4 nitrogen and oxygen atoms in total. The maximum absolute atomic E-state index is 10.7. The van der Waals surface area contributed by atoms with Gasteiger partial charge in [-0.15, -0.1) is 0 Å². The zero-order valence-corrected chi connectivity index (χ0v) is 10.7. The molecule has 0 amide bonds.